The quantitative estimate of drug-likeness (QED) is 0.786. The number of carbonyl (C=O) groups is 1. The SMILES string of the molecule is O=C(NCc1ccco1)c1ccc2ncsc2c1. The van der Waals surface area contributed by atoms with Crippen molar-refractivity contribution in [3.63, 3.8) is 0 Å². The zero-order chi connectivity index (χ0) is 12.4. The van der Waals surface area contributed by atoms with E-state index in [9.17, 15) is 4.79 Å². The molecular formula is C13H10N2O2S. The molecule has 3 rings (SSSR count). The van der Waals surface area contributed by atoms with Gasteiger partial charge in [0.2, 0.25) is 0 Å². The van der Waals surface area contributed by atoms with E-state index in [0.29, 0.717) is 12.1 Å². The van der Waals surface area contributed by atoms with E-state index in [1.165, 1.54) is 11.3 Å². The highest BCUT2D eigenvalue weighted by Gasteiger charge is 2.07. The Kier molecular flexibility index (Phi) is 2.82. The average molecular weight is 258 g/mol. The molecule has 3 aromatic rings. The molecule has 1 N–H and O–H groups in total. The number of rotatable bonds is 3. The molecular weight excluding hydrogens is 248 g/mol. The van der Waals surface area contributed by atoms with Crippen LogP contribution in [0, 0.1) is 0 Å². The Morgan fingerprint density at radius 3 is 3.17 bits per heavy atom. The summed E-state index contributed by atoms with van der Waals surface area (Å²) in [5, 5.41) is 2.81. The summed E-state index contributed by atoms with van der Waals surface area (Å²) >= 11 is 1.53. The number of aromatic nitrogens is 1. The minimum atomic E-state index is -0.110. The van der Waals surface area contributed by atoms with E-state index in [1.807, 2.05) is 18.2 Å². The predicted molar refractivity (Wildman–Crippen MR) is 69.5 cm³/mol. The molecule has 4 nitrogen and oxygen atoms in total. The van der Waals surface area contributed by atoms with Gasteiger partial charge in [-0.3, -0.25) is 4.79 Å². The van der Waals surface area contributed by atoms with E-state index < -0.39 is 0 Å². The summed E-state index contributed by atoms with van der Waals surface area (Å²) in [6.07, 6.45) is 1.59. The molecule has 0 aliphatic carbocycles. The summed E-state index contributed by atoms with van der Waals surface area (Å²) in [5.74, 6) is 0.629. The standard InChI is InChI=1S/C13H10N2O2S/c16-13(14-7-10-2-1-5-17-10)9-3-4-11-12(6-9)18-8-15-11/h1-6,8H,7H2,(H,14,16). The van der Waals surface area contributed by atoms with Crippen LogP contribution in [0.3, 0.4) is 0 Å². The van der Waals surface area contributed by atoms with Gasteiger partial charge in [0.15, 0.2) is 0 Å². The number of furan rings is 1. The molecule has 0 saturated carbocycles. The highest BCUT2D eigenvalue weighted by atomic mass is 32.1. The van der Waals surface area contributed by atoms with Crippen LogP contribution in [0.15, 0.2) is 46.5 Å². The lowest BCUT2D eigenvalue weighted by Gasteiger charge is -2.03. The van der Waals surface area contributed by atoms with E-state index in [0.717, 1.165) is 16.0 Å². The van der Waals surface area contributed by atoms with Crippen LogP contribution < -0.4 is 5.32 Å². The summed E-state index contributed by atoms with van der Waals surface area (Å²) in [4.78, 5) is 16.1. The molecule has 90 valence electrons. The summed E-state index contributed by atoms with van der Waals surface area (Å²) in [6, 6.07) is 9.11. The molecule has 18 heavy (non-hydrogen) atoms. The van der Waals surface area contributed by atoms with Crippen molar-refractivity contribution in [2.75, 3.05) is 0 Å². The number of carbonyl (C=O) groups excluding carboxylic acids is 1. The van der Waals surface area contributed by atoms with Gasteiger partial charge < -0.3 is 9.73 Å². The number of amides is 1. The van der Waals surface area contributed by atoms with E-state index in [4.69, 9.17) is 4.42 Å². The molecule has 5 heteroatoms. The second-order valence-corrected chi connectivity index (χ2v) is 4.68. The lowest BCUT2D eigenvalue weighted by molar-refractivity contribution is 0.0948. The fourth-order valence-corrected chi connectivity index (χ4v) is 2.40. The van der Waals surface area contributed by atoms with Crippen LogP contribution in [0.2, 0.25) is 0 Å². The number of benzene rings is 1. The number of hydrogen-bond acceptors (Lipinski definition) is 4. The van der Waals surface area contributed by atoms with Gasteiger partial charge in [0.1, 0.15) is 5.76 Å². The van der Waals surface area contributed by atoms with Crippen LogP contribution in [-0.2, 0) is 6.54 Å². The molecule has 0 spiro atoms. The van der Waals surface area contributed by atoms with Crippen LogP contribution in [0.5, 0.6) is 0 Å². The highest BCUT2D eigenvalue weighted by Crippen LogP contribution is 2.19. The monoisotopic (exact) mass is 258 g/mol. The number of nitrogens with zero attached hydrogens (tertiary/aromatic N) is 1. The van der Waals surface area contributed by atoms with Crippen LogP contribution in [0.1, 0.15) is 16.1 Å². The van der Waals surface area contributed by atoms with Gasteiger partial charge in [-0.15, -0.1) is 11.3 Å². The van der Waals surface area contributed by atoms with E-state index in [1.54, 1.807) is 23.9 Å². The number of thiazole rings is 1. The summed E-state index contributed by atoms with van der Waals surface area (Å²) in [6.45, 7) is 0.395. The largest absolute Gasteiger partial charge is 0.467 e. The molecule has 2 heterocycles. The Hall–Kier alpha value is -2.14. The number of nitrogens with one attached hydrogen (secondary N) is 1. The van der Waals surface area contributed by atoms with E-state index >= 15 is 0 Å². The maximum absolute atomic E-state index is 11.9. The van der Waals surface area contributed by atoms with Gasteiger partial charge in [0.05, 0.1) is 28.5 Å². The first-order chi connectivity index (χ1) is 8.83. The van der Waals surface area contributed by atoms with Crippen molar-refractivity contribution in [3.8, 4) is 0 Å². The summed E-state index contributed by atoms with van der Waals surface area (Å²) in [7, 11) is 0. The Balaban J connectivity index is 1.75. The van der Waals surface area contributed by atoms with Crippen molar-refractivity contribution in [1.82, 2.24) is 10.3 Å². The Morgan fingerprint density at radius 2 is 2.33 bits per heavy atom. The molecule has 0 aliphatic rings. The molecule has 0 saturated heterocycles. The maximum atomic E-state index is 11.9. The van der Waals surface area contributed by atoms with E-state index in [2.05, 4.69) is 10.3 Å². The zero-order valence-corrected chi connectivity index (χ0v) is 10.2. The molecule has 1 aromatic carbocycles. The first-order valence-electron chi connectivity index (χ1n) is 5.47. The molecule has 2 aromatic heterocycles. The third-order valence-electron chi connectivity index (χ3n) is 2.60. The second-order valence-electron chi connectivity index (χ2n) is 3.80. The van der Waals surface area contributed by atoms with Gasteiger partial charge in [-0.05, 0) is 30.3 Å². The van der Waals surface area contributed by atoms with Gasteiger partial charge in [-0.25, -0.2) is 4.98 Å². The number of hydrogen-bond donors (Lipinski definition) is 1. The van der Waals surface area contributed by atoms with Gasteiger partial charge in [0.25, 0.3) is 5.91 Å². The molecule has 0 atom stereocenters. The third-order valence-corrected chi connectivity index (χ3v) is 3.39. The van der Waals surface area contributed by atoms with Crippen molar-refractivity contribution >= 4 is 27.5 Å². The van der Waals surface area contributed by atoms with Crippen molar-refractivity contribution in [2.45, 2.75) is 6.54 Å². The minimum absolute atomic E-state index is 0.110. The smallest absolute Gasteiger partial charge is 0.251 e. The van der Waals surface area contributed by atoms with Gasteiger partial charge in [-0.1, -0.05) is 0 Å². The van der Waals surface area contributed by atoms with Gasteiger partial charge >= 0.3 is 0 Å². The van der Waals surface area contributed by atoms with Crippen LogP contribution in [0.4, 0.5) is 0 Å². The minimum Gasteiger partial charge on any atom is -0.467 e. The summed E-state index contributed by atoms with van der Waals surface area (Å²) < 4.78 is 6.17. The molecule has 0 unspecified atom stereocenters. The Bertz CT molecular complexity index is 673. The van der Waals surface area contributed by atoms with Crippen LogP contribution >= 0.6 is 11.3 Å². The molecule has 0 radical (unpaired) electrons. The predicted octanol–water partition coefficient (Wildman–Crippen LogP) is 2.82. The van der Waals surface area contributed by atoms with Crippen molar-refractivity contribution in [2.24, 2.45) is 0 Å². The lowest BCUT2D eigenvalue weighted by atomic mass is 10.2. The molecule has 0 bridgehead atoms. The van der Waals surface area contributed by atoms with Gasteiger partial charge in [-0.2, -0.15) is 0 Å². The fourth-order valence-electron chi connectivity index (χ4n) is 1.68. The fraction of sp³-hybridized carbons (Fsp3) is 0.0769. The zero-order valence-electron chi connectivity index (χ0n) is 9.42. The molecule has 0 fully saturated rings. The normalized spacial score (nSPS) is 10.7. The number of fused-ring (bicyclic) bond motifs is 1. The highest BCUT2D eigenvalue weighted by molar-refractivity contribution is 7.16. The first-order valence-corrected chi connectivity index (χ1v) is 6.35. The molecule has 0 aliphatic heterocycles. The topological polar surface area (TPSA) is 55.1 Å². The van der Waals surface area contributed by atoms with Crippen molar-refractivity contribution in [3.05, 3.63) is 53.4 Å². The Labute approximate surface area is 107 Å². The lowest BCUT2D eigenvalue weighted by Crippen LogP contribution is -2.22. The molecule has 1 amide bonds. The van der Waals surface area contributed by atoms with Gasteiger partial charge in [0, 0.05) is 5.56 Å². The second kappa shape index (κ2) is 4.62. The van der Waals surface area contributed by atoms with Crippen molar-refractivity contribution in [1.29, 1.82) is 0 Å². The van der Waals surface area contributed by atoms with Crippen LogP contribution in [-0.4, -0.2) is 10.9 Å². The van der Waals surface area contributed by atoms with Crippen molar-refractivity contribution < 1.29 is 9.21 Å². The van der Waals surface area contributed by atoms with Crippen LogP contribution in [0.25, 0.3) is 10.2 Å². The summed E-state index contributed by atoms with van der Waals surface area (Å²) in [5.41, 5.74) is 3.33. The maximum Gasteiger partial charge on any atom is 0.251 e. The average Bonchev–Trinajstić information content (AvgIpc) is 3.05. The first kappa shape index (κ1) is 11.0. The Morgan fingerprint density at radius 1 is 1.39 bits per heavy atom. The van der Waals surface area contributed by atoms with E-state index in [-0.39, 0.29) is 5.91 Å². The third kappa shape index (κ3) is 2.12.